The molecule has 0 aliphatic rings. The zero-order chi connectivity index (χ0) is 35.1. The maximum absolute atomic E-state index is 2.33. The van der Waals surface area contributed by atoms with Crippen LogP contribution in [0.2, 0.25) is 0 Å². The molecule has 0 aliphatic heterocycles. The summed E-state index contributed by atoms with van der Waals surface area (Å²) >= 11 is 0. The second kappa shape index (κ2) is 13.0. The molecule has 0 amide bonds. The van der Waals surface area contributed by atoms with E-state index in [2.05, 4.69) is 217 Å². The normalized spacial score (nSPS) is 11.4. The van der Waals surface area contributed by atoms with E-state index in [9.17, 15) is 0 Å². The number of para-hydroxylation sites is 1. The lowest BCUT2D eigenvalue weighted by Gasteiger charge is -2.26. The van der Waals surface area contributed by atoms with Gasteiger partial charge in [-0.3, -0.25) is 0 Å². The van der Waals surface area contributed by atoms with E-state index in [-0.39, 0.29) is 0 Å². The third kappa shape index (κ3) is 5.42. The van der Waals surface area contributed by atoms with Gasteiger partial charge in [0, 0.05) is 17.1 Å². The van der Waals surface area contributed by atoms with E-state index < -0.39 is 0 Å². The van der Waals surface area contributed by atoms with Crippen molar-refractivity contribution >= 4 is 60.2 Å². The molecule has 0 aromatic heterocycles. The Kier molecular flexibility index (Phi) is 7.55. The van der Waals surface area contributed by atoms with Crippen LogP contribution in [0.5, 0.6) is 0 Å². The van der Waals surface area contributed by atoms with Crippen molar-refractivity contribution in [1.29, 1.82) is 0 Å². The lowest BCUT2D eigenvalue weighted by molar-refractivity contribution is 1.29. The van der Waals surface area contributed by atoms with Crippen LogP contribution in [0, 0.1) is 0 Å². The summed E-state index contributed by atoms with van der Waals surface area (Å²) in [5.74, 6) is 0. The number of benzene rings is 10. The summed E-state index contributed by atoms with van der Waals surface area (Å²) in [6.07, 6.45) is 0. The number of hydrogen-bond acceptors (Lipinski definition) is 1. The summed E-state index contributed by atoms with van der Waals surface area (Å²) in [6.45, 7) is 0. The Hall–Kier alpha value is -6.96. The maximum atomic E-state index is 2.33. The summed E-state index contributed by atoms with van der Waals surface area (Å²) in [4.78, 5) is 2.33. The van der Waals surface area contributed by atoms with Crippen molar-refractivity contribution < 1.29 is 0 Å². The summed E-state index contributed by atoms with van der Waals surface area (Å²) in [6, 6.07) is 77.1. The van der Waals surface area contributed by atoms with E-state index in [0.717, 1.165) is 17.1 Å². The molecule has 0 bridgehead atoms. The summed E-state index contributed by atoms with van der Waals surface area (Å²) in [5.41, 5.74) is 10.8. The Morgan fingerprint density at radius 2 is 0.698 bits per heavy atom. The Morgan fingerprint density at radius 1 is 0.245 bits per heavy atom. The molecule has 10 aromatic carbocycles. The number of anilines is 3. The van der Waals surface area contributed by atoms with Gasteiger partial charge < -0.3 is 4.90 Å². The monoisotopic (exact) mass is 673 g/mol. The van der Waals surface area contributed by atoms with Crippen LogP contribution in [0.25, 0.3) is 76.5 Å². The molecule has 0 aliphatic carbocycles. The Labute approximate surface area is 309 Å². The minimum atomic E-state index is 1.12. The van der Waals surface area contributed by atoms with Gasteiger partial charge in [0.25, 0.3) is 0 Å². The summed E-state index contributed by atoms with van der Waals surface area (Å²) < 4.78 is 0. The zero-order valence-electron chi connectivity index (χ0n) is 29.2. The smallest absolute Gasteiger partial charge is 0.0468 e. The van der Waals surface area contributed by atoms with E-state index in [1.165, 1.54) is 76.5 Å². The van der Waals surface area contributed by atoms with Crippen molar-refractivity contribution in [3.8, 4) is 33.4 Å². The molecule has 0 unspecified atom stereocenters. The van der Waals surface area contributed by atoms with Crippen LogP contribution in [0.1, 0.15) is 0 Å². The molecule has 0 heterocycles. The van der Waals surface area contributed by atoms with E-state index >= 15 is 0 Å². The third-order valence-electron chi connectivity index (χ3n) is 10.6. The molecule has 10 aromatic rings. The van der Waals surface area contributed by atoms with Gasteiger partial charge in [-0.25, -0.2) is 0 Å². The highest BCUT2D eigenvalue weighted by molar-refractivity contribution is 6.23. The first kappa shape index (κ1) is 30.8. The fraction of sp³-hybridized carbons (Fsp3) is 0. The molecule has 0 saturated carbocycles. The van der Waals surface area contributed by atoms with Crippen molar-refractivity contribution in [2.24, 2.45) is 0 Å². The second-order valence-corrected chi connectivity index (χ2v) is 13.7. The predicted molar refractivity (Wildman–Crippen MR) is 227 cm³/mol. The standard InChI is InChI=1S/C52H35N/c1-2-17-42(18-3-1)53(44-34-31-36-13-4-5-15-41(36)35-44)43-32-29-38(30-33-43)37-25-27-40(28-26-37)51-47-20-8-10-22-49(47)52(50-23-11-9-21-48(50)51)46-24-12-16-39-14-6-7-19-45(39)46/h1-35H. The van der Waals surface area contributed by atoms with Crippen LogP contribution in [-0.2, 0) is 0 Å². The minimum Gasteiger partial charge on any atom is -0.310 e. The van der Waals surface area contributed by atoms with Crippen molar-refractivity contribution in [1.82, 2.24) is 0 Å². The zero-order valence-corrected chi connectivity index (χ0v) is 29.2. The number of rotatable bonds is 6. The van der Waals surface area contributed by atoms with Gasteiger partial charge in [0.1, 0.15) is 0 Å². The van der Waals surface area contributed by atoms with Gasteiger partial charge in [-0.15, -0.1) is 0 Å². The van der Waals surface area contributed by atoms with Gasteiger partial charge in [-0.2, -0.15) is 0 Å². The molecule has 0 spiro atoms. The van der Waals surface area contributed by atoms with Crippen LogP contribution in [0.15, 0.2) is 212 Å². The molecule has 10 rings (SSSR count). The Morgan fingerprint density at radius 3 is 1.36 bits per heavy atom. The number of nitrogens with zero attached hydrogens (tertiary/aromatic N) is 1. The highest BCUT2D eigenvalue weighted by Gasteiger charge is 2.18. The average Bonchev–Trinajstić information content (AvgIpc) is 3.23. The number of fused-ring (bicyclic) bond motifs is 4. The van der Waals surface area contributed by atoms with Crippen molar-refractivity contribution in [3.63, 3.8) is 0 Å². The van der Waals surface area contributed by atoms with Crippen LogP contribution >= 0.6 is 0 Å². The molecular formula is C52H35N. The highest BCUT2D eigenvalue weighted by Crippen LogP contribution is 2.45. The molecule has 0 atom stereocenters. The van der Waals surface area contributed by atoms with Crippen molar-refractivity contribution in [2.75, 3.05) is 4.90 Å². The van der Waals surface area contributed by atoms with E-state index in [1.54, 1.807) is 0 Å². The quantitative estimate of drug-likeness (QED) is 0.159. The lowest BCUT2D eigenvalue weighted by Crippen LogP contribution is -2.09. The summed E-state index contributed by atoms with van der Waals surface area (Å²) in [5, 5.41) is 10.1. The minimum absolute atomic E-state index is 1.12. The maximum Gasteiger partial charge on any atom is 0.0468 e. The fourth-order valence-electron chi connectivity index (χ4n) is 8.15. The molecule has 0 radical (unpaired) electrons. The molecule has 0 N–H and O–H groups in total. The Bertz CT molecular complexity index is 2860. The van der Waals surface area contributed by atoms with Crippen molar-refractivity contribution in [3.05, 3.63) is 212 Å². The van der Waals surface area contributed by atoms with E-state index in [4.69, 9.17) is 0 Å². The van der Waals surface area contributed by atoms with Gasteiger partial charge in [0.05, 0.1) is 0 Å². The molecular weight excluding hydrogens is 639 g/mol. The predicted octanol–water partition coefficient (Wildman–Crippen LogP) is 14.8. The second-order valence-electron chi connectivity index (χ2n) is 13.7. The highest BCUT2D eigenvalue weighted by atomic mass is 15.1. The van der Waals surface area contributed by atoms with Crippen LogP contribution < -0.4 is 4.90 Å². The van der Waals surface area contributed by atoms with Crippen molar-refractivity contribution in [2.45, 2.75) is 0 Å². The first-order valence-corrected chi connectivity index (χ1v) is 18.3. The first-order valence-electron chi connectivity index (χ1n) is 18.3. The molecule has 0 saturated heterocycles. The van der Waals surface area contributed by atoms with Gasteiger partial charge in [0.15, 0.2) is 0 Å². The summed E-state index contributed by atoms with van der Waals surface area (Å²) in [7, 11) is 0. The van der Waals surface area contributed by atoms with Gasteiger partial charge in [0.2, 0.25) is 0 Å². The molecule has 53 heavy (non-hydrogen) atoms. The molecule has 1 heteroatoms. The Balaban J connectivity index is 1.05. The fourth-order valence-corrected chi connectivity index (χ4v) is 8.15. The van der Waals surface area contributed by atoms with Crippen LogP contribution in [0.4, 0.5) is 17.1 Å². The topological polar surface area (TPSA) is 3.24 Å². The van der Waals surface area contributed by atoms with E-state index in [1.807, 2.05) is 0 Å². The van der Waals surface area contributed by atoms with Gasteiger partial charge in [-0.05, 0) is 113 Å². The molecule has 1 nitrogen and oxygen atoms in total. The largest absolute Gasteiger partial charge is 0.310 e. The van der Waals surface area contributed by atoms with Gasteiger partial charge >= 0.3 is 0 Å². The first-order chi connectivity index (χ1) is 26.3. The lowest BCUT2D eigenvalue weighted by atomic mass is 9.84. The van der Waals surface area contributed by atoms with Gasteiger partial charge in [-0.1, -0.05) is 176 Å². The number of hydrogen-bond donors (Lipinski definition) is 0. The average molecular weight is 674 g/mol. The van der Waals surface area contributed by atoms with Crippen LogP contribution in [0.3, 0.4) is 0 Å². The molecule has 0 fully saturated rings. The van der Waals surface area contributed by atoms with E-state index in [0.29, 0.717) is 0 Å². The molecule has 248 valence electrons. The SMILES string of the molecule is c1ccc(N(c2ccc(-c3ccc(-c4c5ccccc5c(-c5cccc6ccccc56)c5ccccc45)cc3)cc2)c2ccc3ccccc3c2)cc1. The van der Waals surface area contributed by atoms with Crippen LogP contribution in [-0.4, -0.2) is 0 Å². The third-order valence-corrected chi connectivity index (χ3v) is 10.6.